The van der Waals surface area contributed by atoms with Crippen LogP contribution < -0.4 is 5.73 Å². The molecule has 1 aromatic carbocycles. The second-order valence-corrected chi connectivity index (χ2v) is 6.51. The van der Waals surface area contributed by atoms with Crippen molar-refractivity contribution >= 4 is 5.91 Å². The summed E-state index contributed by atoms with van der Waals surface area (Å²) >= 11 is 0. The summed E-state index contributed by atoms with van der Waals surface area (Å²) in [4.78, 5) is 14.7. The topological polar surface area (TPSA) is 46.3 Å². The lowest BCUT2D eigenvalue weighted by molar-refractivity contribution is -0.135. The van der Waals surface area contributed by atoms with Crippen molar-refractivity contribution in [3.63, 3.8) is 0 Å². The van der Waals surface area contributed by atoms with Gasteiger partial charge in [-0.1, -0.05) is 43.2 Å². The fourth-order valence-corrected chi connectivity index (χ4v) is 3.17. The summed E-state index contributed by atoms with van der Waals surface area (Å²) in [5, 5.41) is 0. The molecule has 2 unspecified atom stereocenters. The molecule has 0 radical (unpaired) electrons. The van der Waals surface area contributed by atoms with Crippen molar-refractivity contribution in [2.45, 2.75) is 64.6 Å². The van der Waals surface area contributed by atoms with Crippen LogP contribution >= 0.6 is 0 Å². The first-order valence-corrected chi connectivity index (χ1v) is 8.17. The fourth-order valence-electron chi connectivity index (χ4n) is 3.17. The molecule has 1 amide bonds. The van der Waals surface area contributed by atoms with Gasteiger partial charge in [0.05, 0.1) is 0 Å². The second kappa shape index (κ2) is 7.60. The highest BCUT2D eigenvalue weighted by molar-refractivity contribution is 5.76. The maximum Gasteiger partial charge on any atom is 0.223 e. The SMILES string of the molecule is CC(C)N(Cc1ccccc1)C(=O)CC1CCCCC1N. The lowest BCUT2D eigenvalue weighted by atomic mass is 9.82. The molecule has 1 aliphatic rings. The predicted octanol–water partition coefficient (Wildman–Crippen LogP) is 3.33. The third kappa shape index (κ3) is 4.57. The van der Waals surface area contributed by atoms with Crippen LogP contribution in [0, 0.1) is 5.92 Å². The molecule has 2 N–H and O–H groups in total. The van der Waals surface area contributed by atoms with Crippen LogP contribution in [0.3, 0.4) is 0 Å². The highest BCUT2D eigenvalue weighted by atomic mass is 16.2. The maximum absolute atomic E-state index is 12.7. The first kappa shape index (κ1) is 16.0. The van der Waals surface area contributed by atoms with Gasteiger partial charge in [-0.2, -0.15) is 0 Å². The van der Waals surface area contributed by atoms with Gasteiger partial charge >= 0.3 is 0 Å². The van der Waals surface area contributed by atoms with E-state index in [1.807, 2.05) is 23.1 Å². The van der Waals surface area contributed by atoms with E-state index in [-0.39, 0.29) is 18.0 Å². The van der Waals surface area contributed by atoms with Gasteiger partial charge < -0.3 is 10.6 Å². The molecule has 0 spiro atoms. The van der Waals surface area contributed by atoms with Crippen LogP contribution in [0.15, 0.2) is 30.3 Å². The summed E-state index contributed by atoms with van der Waals surface area (Å²) in [6.07, 6.45) is 5.20. The number of hydrogen-bond donors (Lipinski definition) is 1. The van der Waals surface area contributed by atoms with Crippen molar-refractivity contribution in [1.29, 1.82) is 0 Å². The lowest BCUT2D eigenvalue weighted by Gasteiger charge is -2.32. The summed E-state index contributed by atoms with van der Waals surface area (Å²) < 4.78 is 0. The van der Waals surface area contributed by atoms with Gasteiger partial charge in [0.15, 0.2) is 0 Å². The monoisotopic (exact) mass is 288 g/mol. The molecule has 2 atom stereocenters. The molecule has 2 rings (SSSR count). The molecule has 21 heavy (non-hydrogen) atoms. The Labute approximate surface area is 128 Å². The van der Waals surface area contributed by atoms with E-state index >= 15 is 0 Å². The number of hydrogen-bond acceptors (Lipinski definition) is 2. The van der Waals surface area contributed by atoms with Crippen LogP contribution in [0.2, 0.25) is 0 Å². The molecule has 116 valence electrons. The summed E-state index contributed by atoms with van der Waals surface area (Å²) in [7, 11) is 0. The summed E-state index contributed by atoms with van der Waals surface area (Å²) in [6, 6.07) is 10.6. The Morgan fingerprint density at radius 3 is 2.52 bits per heavy atom. The molecule has 0 aliphatic heterocycles. The largest absolute Gasteiger partial charge is 0.336 e. The molecule has 0 aromatic heterocycles. The minimum atomic E-state index is 0.202. The number of nitrogens with two attached hydrogens (primary N) is 1. The number of carbonyl (C=O) groups is 1. The van der Waals surface area contributed by atoms with Gasteiger partial charge in [-0.05, 0) is 38.2 Å². The molecule has 0 saturated heterocycles. The van der Waals surface area contributed by atoms with Crippen LogP contribution in [-0.2, 0) is 11.3 Å². The molecule has 3 heteroatoms. The Morgan fingerprint density at radius 1 is 1.24 bits per heavy atom. The highest BCUT2D eigenvalue weighted by Gasteiger charge is 2.27. The third-order valence-corrected chi connectivity index (χ3v) is 4.54. The molecule has 1 fully saturated rings. The Bertz CT molecular complexity index is 444. The van der Waals surface area contributed by atoms with Gasteiger partial charge in [-0.25, -0.2) is 0 Å². The minimum absolute atomic E-state index is 0.202. The quantitative estimate of drug-likeness (QED) is 0.903. The number of rotatable bonds is 5. The first-order valence-electron chi connectivity index (χ1n) is 8.17. The molecule has 3 nitrogen and oxygen atoms in total. The van der Waals surface area contributed by atoms with Crippen LogP contribution in [-0.4, -0.2) is 22.9 Å². The van der Waals surface area contributed by atoms with Gasteiger partial charge in [0, 0.05) is 25.0 Å². The van der Waals surface area contributed by atoms with E-state index < -0.39 is 0 Å². The minimum Gasteiger partial charge on any atom is -0.336 e. The third-order valence-electron chi connectivity index (χ3n) is 4.54. The van der Waals surface area contributed by atoms with Crippen molar-refractivity contribution in [2.75, 3.05) is 0 Å². The van der Waals surface area contributed by atoms with E-state index in [1.54, 1.807) is 0 Å². The standard InChI is InChI=1S/C18H28N2O/c1-14(2)20(13-15-8-4-3-5-9-15)18(21)12-16-10-6-7-11-17(16)19/h3-5,8-9,14,16-17H,6-7,10-13,19H2,1-2H3. The van der Waals surface area contributed by atoms with Crippen LogP contribution in [0.25, 0.3) is 0 Å². The number of benzene rings is 1. The summed E-state index contributed by atoms with van der Waals surface area (Å²) in [5.74, 6) is 0.611. The van der Waals surface area contributed by atoms with Gasteiger partial charge in [-0.15, -0.1) is 0 Å². The predicted molar refractivity (Wildman–Crippen MR) is 86.7 cm³/mol. The number of carbonyl (C=O) groups excluding carboxylic acids is 1. The fraction of sp³-hybridized carbons (Fsp3) is 0.611. The molecule has 0 heterocycles. The highest BCUT2D eigenvalue weighted by Crippen LogP contribution is 2.26. The van der Waals surface area contributed by atoms with E-state index in [1.165, 1.54) is 18.4 Å². The second-order valence-electron chi connectivity index (χ2n) is 6.51. The van der Waals surface area contributed by atoms with Gasteiger partial charge in [0.25, 0.3) is 0 Å². The van der Waals surface area contributed by atoms with Crippen molar-refractivity contribution in [3.8, 4) is 0 Å². The zero-order chi connectivity index (χ0) is 15.2. The average molecular weight is 288 g/mol. The Morgan fingerprint density at radius 2 is 1.90 bits per heavy atom. The summed E-state index contributed by atoms with van der Waals surface area (Å²) in [6.45, 7) is 4.86. The van der Waals surface area contributed by atoms with E-state index in [0.717, 1.165) is 12.8 Å². The zero-order valence-corrected chi connectivity index (χ0v) is 13.3. The molecular formula is C18H28N2O. The van der Waals surface area contributed by atoms with Crippen LogP contribution in [0.5, 0.6) is 0 Å². The average Bonchev–Trinajstić information content (AvgIpc) is 2.48. The Balaban J connectivity index is 1.98. The van der Waals surface area contributed by atoms with E-state index in [9.17, 15) is 4.79 Å². The zero-order valence-electron chi connectivity index (χ0n) is 13.3. The van der Waals surface area contributed by atoms with Gasteiger partial charge in [-0.3, -0.25) is 4.79 Å². The Hall–Kier alpha value is -1.35. The van der Waals surface area contributed by atoms with Crippen molar-refractivity contribution in [2.24, 2.45) is 11.7 Å². The number of amides is 1. The Kier molecular flexibility index (Phi) is 5.80. The summed E-state index contributed by atoms with van der Waals surface area (Å²) in [5.41, 5.74) is 7.37. The van der Waals surface area contributed by atoms with E-state index in [2.05, 4.69) is 26.0 Å². The molecular weight excluding hydrogens is 260 g/mol. The molecule has 1 aromatic rings. The molecule has 1 aliphatic carbocycles. The normalized spacial score (nSPS) is 22.3. The van der Waals surface area contributed by atoms with Crippen molar-refractivity contribution in [1.82, 2.24) is 4.90 Å². The van der Waals surface area contributed by atoms with Gasteiger partial charge in [0.2, 0.25) is 5.91 Å². The van der Waals surface area contributed by atoms with Gasteiger partial charge in [0.1, 0.15) is 0 Å². The number of nitrogens with zero attached hydrogens (tertiary/aromatic N) is 1. The van der Waals surface area contributed by atoms with E-state index in [0.29, 0.717) is 18.9 Å². The van der Waals surface area contributed by atoms with E-state index in [4.69, 9.17) is 5.73 Å². The van der Waals surface area contributed by atoms with Crippen molar-refractivity contribution < 1.29 is 4.79 Å². The molecule has 0 bridgehead atoms. The van der Waals surface area contributed by atoms with Crippen molar-refractivity contribution in [3.05, 3.63) is 35.9 Å². The smallest absolute Gasteiger partial charge is 0.223 e. The molecule has 1 saturated carbocycles. The van der Waals surface area contributed by atoms with Crippen LogP contribution in [0.1, 0.15) is 51.5 Å². The van der Waals surface area contributed by atoms with Crippen LogP contribution in [0.4, 0.5) is 0 Å². The lowest BCUT2D eigenvalue weighted by Crippen LogP contribution is -2.41. The maximum atomic E-state index is 12.7. The first-order chi connectivity index (χ1) is 10.1.